The summed E-state index contributed by atoms with van der Waals surface area (Å²) in [4.78, 5) is 6.86. The maximum atomic E-state index is 11.7. The number of hydrogen-bond donors (Lipinski definition) is 2. The molecule has 186 valence electrons. The Hall–Kier alpha value is -3.27. The molecule has 2 aliphatic rings. The molecule has 2 N–H and O–H groups in total. The second-order valence-corrected chi connectivity index (χ2v) is 12.0. The van der Waals surface area contributed by atoms with E-state index in [0.29, 0.717) is 25.1 Å². The molecule has 9 heteroatoms. The highest BCUT2D eigenvalue weighted by atomic mass is 32.2. The predicted molar refractivity (Wildman–Crippen MR) is 142 cm³/mol. The van der Waals surface area contributed by atoms with Crippen molar-refractivity contribution in [3.05, 3.63) is 77.9 Å². The molecule has 0 amide bonds. The fraction of sp³-hybridized carbons (Fsp3) is 0.333. The molecule has 2 aromatic carbocycles. The van der Waals surface area contributed by atoms with Crippen LogP contribution in [0, 0.1) is 0 Å². The Bertz CT molecular complexity index is 1450. The number of aromatic nitrogens is 3. The van der Waals surface area contributed by atoms with Gasteiger partial charge in [-0.05, 0) is 48.2 Å². The third-order valence-electron chi connectivity index (χ3n) is 6.83. The molecular weight excluding hydrogens is 472 g/mol. The van der Waals surface area contributed by atoms with Gasteiger partial charge < -0.3 is 10.6 Å². The van der Waals surface area contributed by atoms with E-state index in [4.69, 9.17) is 5.10 Å². The Morgan fingerprint density at radius 2 is 1.61 bits per heavy atom. The minimum atomic E-state index is -2.86. The zero-order chi connectivity index (χ0) is 24.5. The standard InChI is InChI=1S/C27H30N6O2S/c34-36(35)16-14-32(15-17-36)19-21-4-8-22(9-5-21)25-2-1-3-26-30-27(31-33(25)26)29-24-10-6-20(7-11-24)18-28-23-12-13-23/h1-11,23,28H,12-19H2,(H,29,31). The summed E-state index contributed by atoms with van der Waals surface area (Å²) in [6.07, 6.45) is 2.58. The van der Waals surface area contributed by atoms with Crippen molar-refractivity contribution in [2.75, 3.05) is 29.9 Å². The second kappa shape index (κ2) is 9.65. The van der Waals surface area contributed by atoms with Crippen molar-refractivity contribution in [2.45, 2.75) is 32.0 Å². The maximum Gasteiger partial charge on any atom is 0.247 e. The van der Waals surface area contributed by atoms with Crippen LogP contribution < -0.4 is 10.6 Å². The van der Waals surface area contributed by atoms with Gasteiger partial charge in [-0.25, -0.2) is 12.9 Å². The van der Waals surface area contributed by atoms with E-state index >= 15 is 0 Å². The van der Waals surface area contributed by atoms with Crippen LogP contribution >= 0.6 is 0 Å². The fourth-order valence-electron chi connectivity index (χ4n) is 4.51. The first-order chi connectivity index (χ1) is 17.5. The molecule has 2 fully saturated rings. The molecule has 0 spiro atoms. The molecule has 0 atom stereocenters. The molecule has 4 aromatic rings. The number of nitrogens with zero attached hydrogens (tertiary/aromatic N) is 4. The van der Waals surface area contributed by atoms with Crippen molar-refractivity contribution in [3.63, 3.8) is 0 Å². The molecule has 0 radical (unpaired) electrons. The highest BCUT2D eigenvalue weighted by molar-refractivity contribution is 7.91. The van der Waals surface area contributed by atoms with Crippen molar-refractivity contribution in [1.82, 2.24) is 24.8 Å². The average molecular weight is 503 g/mol. The van der Waals surface area contributed by atoms with Gasteiger partial charge in [0.1, 0.15) is 0 Å². The van der Waals surface area contributed by atoms with E-state index in [2.05, 4.69) is 69.0 Å². The normalized spacial score (nSPS) is 17.9. The highest BCUT2D eigenvalue weighted by Gasteiger charge is 2.21. The Kier molecular flexibility index (Phi) is 6.20. The fourth-order valence-corrected chi connectivity index (χ4v) is 5.79. The molecule has 0 bridgehead atoms. The summed E-state index contributed by atoms with van der Waals surface area (Å²) < 4.78 is 25.2. The zero-order valence-corrected chi connectivity index (χ0v) is 20.9. The lowest BCUT2D eigenvalue weighted by Crippen LogP contribution is -2.39. The number of rotatable bonds is 8. The topological polar surface area (TPSA) is 91.6 Å². The van der Waals surface area contributed by atoms with Crippen molar-refractivity contribution >= 4 is 27.1 Å². The van der Waals surface area contributed by atoms with Crippen LogP contribution in [-0.2, 0) is 22.9 Å². The lowest BCUT2D eigenvalue weighted by atomic mass is 10.1. The second-order valence-electron chi connectivity index (χ2n) is 9.72. The Morgan fingerprint density at radius 1 is 0.889 bits per heavy atom. The van der Waals surface area contributed by atoms with Gasteiger partial charge in [-0.1, -0.05) is 42.5 Å². The van der Waals surface area contributed by atoms with Crippen LogP contribution in [0.25, 0.3) is 16.9 Å². The van der Waals surface area contributed by atoms with Crippen LogP contribution in [-0.4, -0.2) is 58.6 Å². The monoisotopic (exact) mass is 502 g/mol. The molecule has 1 aliphatic carbocycles. The molecule has 8 nitrogen and oxygen atoms in total. The predicted octanol–water partition coefficient (Wildman–Crippen LogP) is 3.62. The van der Waals surface area contributed by atoms with E-state index in [1.54, 1.807) is 0 Å². The molecule has 36 heavy (non-hydrogen) atoms. The average Bonchev–Trinajstić information content (AvgIpc) is 3.62. The van der Waals surface area contributed by atoms with Gasteiger partial charge in [-0.3, -0.25) is 4.90 Å². The summed E-state index contributed by atoms with van der Waals surface area (Å²) in [6.45, 7) is 2.85. The van der Waals surface area contributed by atoms with Crippen molar-refractivity contribution in [2.24, 2.45) is 0 Å². The van der Waals surface area contributed by atoms with Crippen LogP contribution in [0.4, 0.5) is 11.6 Å². The minimum absolute atomic E-state index is 0.248. The van der Waals surface area contributed by atoms with Crippen molar-refractivity contribution < 1.29 is 8.42 Å². The molecule has 1 aliphatic heterocycles. The molecule has 3 heterocycles. The quantitative estimate of drug-likeness (QED) is 0.380. The number of hydrogen-bond acceptors (Lipinski definition) is 7. The number of benzene rings is 2. The van der Waals surface area contributed by atoms with Gasteiger partial charge in [0.05, 0.1) is 17.2 Å². The first-order valence-corrected chi connectivity index (χ1v) is 14.3. The van der Waals surface area contributed by atoms with Gasteiger partial charge in [0.2, 0.25) is 5.95 Å². The number of anilines is 2. The van der Waals surface area contributed by atoms with E-state index in [1.807, 2.05) is 22.7 Å². The molecule has 2 aromatic heterocycles. The first-order valence-electron chi connectivity index (χ1n) is 12.5. The van der Waals surface area contributed by atoms with E-state index in [0.717, 1.165) is 35.7 Å². The van der Waals surface area contributed by atoms with Crippen molar-refractivity contribution in [3.8, 4) is 11.3 Å². The molecule has 0 unspecified atom stereocenters. The number of fused-ring (bicyclic) bond motifs is 1. The van der Waals surface area contributed by atoms with Gasteiger partial charge in [-0.15, -0.1) is 5.10 Å². The van der Waals surface area contributed by atoms with Crippen molar-refractivity contribution in [1.29, 1.82) is 0 Å². The number of sulfone groups is 1. The molecule has 6 rings (SSSR count). The van der Waals surface area contributed by atoms with E-state index in [9.17, 15) is 8.42 Å². The summed E-state index contributed by atoms with van der Waals surface area (Å²) in [5.41, 5.74) is 6.18. The maximum absolute atomic E-state index is 11.7. The van der Waals surface area contributed by atoms with Crippen LogP contribution in [0.5, 0.6) is 0 Å². The summed E-state index contributed by atoms with van der Waals surface area (Å²) >= 11 is 0. The van der Waals surface area contributed by atoms with Gasteiger partial charge in [-0.2, -0.15) is 4.98 Å². The SMILES string of the molecule is O=S1(=O)CCN(Cc2ccc(-c3cccc4nc(Nc5ccc(CNC6CC6)cc5)nn34)cc2)CC1. The Morgan fingerprint density at radius 3 is 2.33 bits per heavy atom. The summed E-state index contributed by atoms with van der Waals surface area (Å²) in [7, 11) is -2.86. The van der Waals surface area contributed by atoms with Crippen LogP contribution in [0.2, 0.25) is 0 Å². The lowest BCUT2D eigenvalue weighted by molar-refractivity contribution is 0.287. The Balaban J connectivity index is 1.15. The van der Waals surface area contributed by atoms with E-state index in [1.165, 1.54) is 24.0 Å². The summed E-state index contributed by atoms with van der Waals surface area (Å²) in [5, 5.41) is 11.6. The van der Waals surface area contributed by atoms with E-state index in [-0.39, 0.29) is 11.5 Å². The third kappa shape index (κ3) is 5.43. The van der Waals surface area contributed by atoms with E-state index < -0.39 is 9.84 Å². The van der Waals surface area contributed by atoms with Gasteiger partial charge in [0.25, 0.3) is 0 Å². The lowest BCUT2D eigenvalue weighted by Gasteiger charge is -2.26. The summed E-state index contributed by atoms with van der Waals surface area (Å²) in [6, 6.07) is 23.5. The number of pyridine rings is 1. The van der Waals surface area contributed by atoms with Gasteiger partial charge >= 0.3 is 0 Å². The zero-order valence-electron chi connectivity index (χ0n) is 20.1. The third-order valence-corrected chi connectivity index (χ3v) is 8.44. The van der Waals surface area contributed by atoms with Crippen LogP contribution in [0.1, 0.15) is 24.0 Å². The van der Waals surface area contributed by atoms with Gasteiger partial charge in [0.15, 0.2) is 15.5 Å². The number of nitrogens with one attached hydrogen (secondary N) is 2. The molecule has 1 saturated carbocycles. The van der Waals surface area contributed by atoms with Gasteiger partial charge in [0, 0.05) is 43.5 Å². The smallest absolute Gasteiger partial charge is 0.247 e. The molecule has 1 saturated heterocycles. The summed E-state index contributed by atoms with van der Waals surface area (Å²) in [5.74, 6) is 1.05. The largest absolute Gasteiger partial charge is 0.323 e. The first kappa shape index (κ1) is 23.1. The molecular formula is C27H30N6O2S. The van der Waals surface area contributed by atoms with Crippen LogP contribution in [0.3, 0.4) is 0 Å². The highest BCUT2D eigenvalue weighted by Crippen LogP contribution is 2.24. The Labute approximate surface area is 211 Å². The minimum Gasteiger partial charge on any atom is -0.323 e. The van der Waals surface area contributed by atoms with Crippen LogP contribution in [0.15, 0.2) is 66.7 Å².